The molecule has 0 amide bonds. The quantitative estimate of drug-likeness (QED) is 0.228. The highest BCUT2D eigenvalue weighted by molar-refractivity contribution is 9.10. The van der Waals surface area contributed by atoms with E-state index in [4.69, 9.17) is 26.1 Å². The third kappa shape index (κ3) is 3.18. The van der Waals surface area contributed by atoms with Crippen molar-refractivity contribution in [3.05, 3.63) is 79.9 Å². The normalized spacial score (nSPS) is 23.4. The summed E-state index contributed by atoms with van der Waals surface area (Å²) in [4.78, 5) is 15.7. The number of halogens is 1. The van der Waals surface area contributed by atoms with E-state index in [0.29, 0.717) is 0 Å². The molecule has 0 fully saturated rings. The number of thioether (sulfide) groups is 1. The maximum atomic E-state index is 7.81. The van der Waals surface area contributed by atoms with Gasteiger partial charge in [0.15, 0.2) is 5.54 Å². The smallest absolute Gasteiger partial charge is 0.163 e. The van der Waals surface area contributed by atoms with Crippen molar-refractivity contribution in [3.63, 3.8) is 0 Å². The summed E-state index contributed by atoms with van der Waals surface area (Å²) in [6.45, 7) is 0. The van der Waals surface area contributed by atoms with Crippen LogP contribution in [0, 0.1) is 5.41 Å². The van der Waals surface area contributed by atoms with Crippen LogP contribution in [0.1, 0.15) is 15.4 Å². The number of allylic oxidation sites excluding steroid dienone is 2. The Morgan fingerprint density at radius 1 is 1.12 bits per heavy atom. The number of nitrogens with two attached hydrogens (primary N) is 1. The second-order valence-corrected chi connectivity index (χ2v) is 11.1. The van der Waals surface area contributed by atoms with Gasteiger partial charge in [0.05, 0.1) is 14.8 Å². The summed E-state index contributed by atoms with van der Waals surface area (Å²) in [6, 6.07) is 10.1. The number of nitrogen functional groups attached to an aromatic ring is 1. The van der Waals surface area contributed by atoms with Gasteiger partial charge >= 0.3 is 0 Å². The van der Waals surface area contributed by atoms with Crippen molar-refractivity contribution in [2.75, 3.05) is 6.26 Å². The predicted molar refractivity (Wildman–Crippen MR) is 141 cm³/mol. The molecule has 9 heteroatoms. The van der Waals surface area contributed by atoms with Gasteiger partial charge in [-0.2, -0.15) is 0 Å². The van der Waals surface area contributed by atoms with E-state index in [2.05, 4.69) is 39.5 Å². The molecular weight excluding hydrogens is 522 g/mol. The van der Waals surface area contributed by atoms with E-state index in [1.807, 2.05) is 55.1 Å². The summed E-state index contributed by atoms with van der Waals surface area (Å²) >= 11 is 8.46. The summed E-state index contributed by atoms with van der Waals surface area (Å²) in [5, 5.41) is 10.7. The number of thiazole rings is 1. The molecule has 0 radical (unpaired) electrons. The molecule has 2 atom stereocenters. The van der Waals surface area contributed by atoms with Crippen molar-refractivity contribution in [2.45, 2.75) is 15.3 Å². The van der Waals surface area contributed by atoms with Gasteiger partial charge in [0, 0.05) is 33.4 Å². The van der Waals surface area contributed by atoms with Gasteiger partial charge in [-0.25, -0.2) is 4.98 Å². The van der Waals surface area contributed by atoms with Gasteiger partial charge in [0.1, 0.15) is 16.4 Å². The predicted octanol–water partition coefficient (Wildman–Crippen LogP) is 6.01. The molecule has 0 bridgehead atoms. The summed E-state index contributed by atoms with van der Waals surface area (Å²) in [7, 11) is 0. The van der Waals surface area contributed by atoms with E-state index in [9.17, 15) is 0 Å². The second-order valence-electron chi connectivity index (χ2n) is 7.25. The van der Waals surface area contributed by atoms with Crippen LogP contribution in [0.2, 0.25) is 0 Å². The first kappa shape index (κ1) is 21.5. The van der Waals surface area contributed by atoms with Crippen molar-refractivity contribution in [2.24, 2.45) is 15.7 Å². The van der Waals surface area contributed by atoms with Crippen molar-refractivity contribution >= 4 is 68.6 Å². The van der Waals surface area contributed by atoms with Gasteiger partial charge in [-0.05, 0) is 42.7 Å². The number of hydrogen-bond donors (Lipinski definition) is 2. The van der Waals surface area contributed by atoms with Gasteiger partial charge < -0.3 is 5.73 Å². The maximum absolute atomic E-state index is 7.81. The summed E-state index contributed by atoms with van der Waals surface area (Å²) in [5.74, 6) is 0.0742. The van der Waals surface area contributed by atoms with E-state index in [0.717, 1.165) is 35.4 Å². The average Bonchev–Trinajstić information content (AvgIpc) is 3.59. The van der Waals surface area contributed by atoms with Crippen molar-refractivity contribution in [3.8, 4) is 11.3 Å². The molecule has 2 unspecified atom stereocenters. The molecule has 0 saturated carbocycles. The number of aromatic nitrogens is 1. The van der Waals surface area contributed by atoms with E-state index < -0.39 is 11.1 Å². The van der Waals surface area contributed by atoms with E-state index >= 15 is 0 Å². The molecule has 0 spiro atoms. The number of benzene rings is 1. The fraction of sp³-hybridized carbons (Fsp3) is 0.130. The Hall–Kier alpha value is -2.33. The second kappa shape index (κ2) is 8.22. The molecule has 5 rings (SSSR count). The van der Waals surface area contributed by atoms with Crippen LogP contribution in [0.15, 0.2) is 78.7 Å². The minimum absolute atomic E-state index is 0.0742. The minimum atomic E-state index is -0.789. The molecule has 2 aliphatic heterocycles. The van der Waals surface area contributed by atoms with Crippen LogP contribution in [0.25, 0.3) is 11.3 Å². The highest BCUT2D eigenvalue weighted by Gasteiger charge is 2.55. The Morgan fingerprint density at radius 2 is 1.84 bits per heavy atom. The average molecular weight is 541 g/mol. The topological polar surface area (TPSA) is 87.5 Å². The van der Waals surface area contributed by atoms with Crippen molar-refractivity contribution in [1.29, 1.82) is 5.41 Å². The Balaban J connectivity index is 1.68. The lowest BCUT2D eigenvalue weighted by atomic mass is 9.73. The number of nitrogens with one attached hydrogen (secondary N) is 1. The molecule has 3 N–H and O–H groups in total. The van der Waals surface area contributed by atoms with Gasteiger partial charge in [0.2, 0.25) is 0 Å². The molecule has 0 aliphatic carbocycles. The number of aliphatic imine (C=N–C) groups is 2. The lowest BCUT2D eigenvalue weighted by Crippen LogP contribution is -2.43. The van der Waals surface area contributed by atoms with E-state index in [-0.39, 0.29) is 5.84 Å². The van der Waals surface area contributed by atoms with Crippen LogP contribution in [-0.4, -0.2) is 29.5 Å². The molecule has 3 aromatic rings. The first-order valence-corrected chi connectivity index (χ1v) is 13.4. The van der Waals surface area contributed by atoms with Crippen LogP contribution in [-0.2, 0) is 11.1 Å². The zero-order valence-electron chi connectivity index (χ0n) is 16.9. The van der Waals surface area contributed by atoms with Gasteiger partial charge in [-0.15, -0.1) is 34.4 Å². The first-order valence-electron chi connectivity index (χ1n) is 9.70. The lowest BCUT2D eigenvalue weighted by Gasteiger charge is -2.39. The fourth-order valence-electron chi connectivity index (χ4n) is 4.06. The van der Waals surface area contributed by atoms with Crippen molar-refractivity contribution < 1.29 is 0 Å². The highest BCUT2D eigenvalue weighted by Crippen LogP contribution is 2.54. The molecule has 5 nitrogen and oxygen atoms in total. The Bertz CT molecular complexity index is 1310. The number of hydrogen-bond acceptors (Lipinski definition) is 7. The van der Waals surface area contributed by atoms with Crippen LogP contribution < -0.4 is 5.73 Å². The Kier molecular flexibility index (Phi) is 5.53. The van der Waals surface area contributed by atoms with Crippen LogP contribution in [0.5, 0.6) is 0 Å². The molecule has 4 heterocycles. The highest BCUT2D eigenvalue weighted by atomic mass is 79.9. The van der Waals surface area contributed by atoms with Crippen LogP contribution >= 0.6 is 50.4 Å². The Morgan fingerprint density at radius 3 is 2.47 bits per heavy atom. The van der Waals surface area contributed by atoms with Gasteiger partial charge in [0.25, 0.3) is 0 Å². The van der Waals surface area contributed by atoms with E-state index in [1.54, 1.807) is 23.1 Å². The zero-order valence-corrected chi connectivity index (χ0v) is 21.0. The minimum Gasteiger partial charge on any atom is -0.383 e. The van der Waals surface area contributed by atoms with E-state index in [1.165, 1.54) is 11.3 Å². The zero-order chi connectivity index (χ0) is 22.3. The van der Waals surface area contributed by atoms with Gasteiger partial charge in [-0.1, -0.05) is 34.1 Å². The first-order chi connectivity index (χ1) is 15.5. The summed E-state index contributed by atoms with van der Waals surface area (Å²) in [6.07, 6.45) is 13.8. The standard InChI is InChI=1S/C23H18BrN5S3/c1-30-20-14(12-18(32-20)19(25)26)17-13-31-21(29-17)23(9-5-11-28-23)22(8-4-10-27-22)15-6-2-3-7-16(15)24/h2-13H,1H3,(H3,25,26). The fourth-order valence-corrected chi connectivity index (χ4v) is 7.40. The maximum Gasteiger partial charge on any atom is 0.163 e. The third-order valence-electron chi connectivity index (χ3n) is 5.52. The molecule has 0 saturated heterocycles. The summed E-state index contributed by atoms with van der Waals surface area (Å²) < 4.78 is 2.06. The van der Waals surface area contributed by atoms with Gasteiger partial charge in [-0.3, -0.25) is 15.4 Å². The number of thiophene rings is 1. The molecular formula is C23H18BrN5S3. The monoisotopic (exact) mass is 539 g/mol. The third-order valence-corrected chi connectivity index (χ3v) is 9.49. The molecule has 1 aromatic carbocycles. The number of nitrogens with zero attached hydrogens (tertiary/aromatic N) is 3. The van der Waals surface area contributed by atoms with Crippen LogP contribution in [0.4, 0.5) is 0 Å². The number of amidine groups is 1. The molecule has 2 aromatic heterocycles. The van der Waals surface area contributed by atoms with Crippen LogP contribution in [0.3, 0.4) is 0 Å². The molecule has 32 heavy (non-hydrogen) atoms. The Labute approximate surface area is 206 Å². The summed E-state index contributed by atoms with van der Waals surface area (Å²) in [5.41, 5.74) is 7.10. The number of rotatable bonds is 6. The SMILES string of the molecule is CSc1sc(C(=N)N)cc1-c1csc(C2(C3(c4ccccc4Br)C=CC=N3)C=CC=N2)n1. The largest absolute Gasteiger partial charge is 0.383 e. The molecule has 160 valence electrons. The van der Waals surface area contributed by atoms with Crippen molar-refractivity contribution in [1.82, 2.24) is 4.98 Å². The molecule has 2 aliphatic rings. The lowest BCUT2D eigenvalue weighted by molar-refractivity contribution is 0.362.